The first-order chi connectivity index (χ1) is 12.2. The first-order valence-corrected chi connectivity index (χ1v) is 9.85. The molecular weight excluding hydrogens is 328 g/mol. The van der Waals surface area contributed by atoms with Gasteiger partial charge in [0.05, 0.1) is 0 Å². The molecule has 0 saturated carbocycles. The maximum absolute atomic E-state index is 12.5. The maximum Gasteiger partial charge on any atom is 0.246 e. The van der Waals surface area contributed by atoms with E-state index in [-0.39, 0.29) is 5.91 Å². The Morgan fingerprint density at radius 1 is 1.28 bits per heavy atom. The molecule has 0 radical (unpaired) electrons. The fourth-order valence-electron chi connectivity index (χ4n) is 3.29. The number of hydrogen-bond donors (Lipinski definition) is 0. The van der Waals surface area contributed by atoms with Crippen LogP contribution in [-0.2, 0) is 11.2 Å². The number of likely N-dealkylation sites (tertiary alicyclic amines) is 1. The molecule has 2 aromatic rings. The van der Waals surface area contributed by atoms with Crippen LogP contribution in [-0.4, -0.2) is 48.4 Å². The minimum absolute atomic E-state index is 0.134. The van der Waals surface area contributed by atoms with Crippen molar-refractivity contribution in [2.45, 2.75) is 25.3 Å². The average molecular weight is 355 g/mol. The van der Waals surface area contributed by atoms with Crippen molar-refractivity contribution >= 4 is 23.3 Å². The van der Waals surface area contributed by atoms with Crippen LogP contribution in [0.15, 0.2) is 53.9 Å². The Morgan fingerprint density at radius 2 is 2.12 bits per heavy atom. The van der Waals surface area contributed by atoms with E-state index in [1.165, 1.54) is 12.0 Å². The molecule has 0 N–H and O–H groups in total. The Bertz CT molecular complexity index is 681. The Morgan fingerprint density at radius 3 is 2.88 bits per heavy atom. The molecule has 1 amide bonds. The van der Waals surface area contributed by atoms with Crippen LogP contribution >= 0.6 is 11.3 Å². The number of carbonyl (C=O) groups excluding carboxylic acids is 1. The zero-order chi connectivity index (χ0) is 17.5. The van der Waals surface area contributed by atoms with Gasteiger partial charge in [0, 0.05) is 36.6 Å². The molecule has 132 valence electrons. The summed E-state index contributed by atoms with van der Waals surface area (Å²) in [6.07, 6.45) is 6.95. The summed E-state index contributed by atoms with van der Waals surface area (Å²) in [5.41, 5.74) is 1.37. The second kappa shape index (κ2) is 8.97. The summed E-state index contributed by atoms with van der Waals surface area (Å²) in [4.78, 5) is 18.0. The van der Waals surface area contributed by atoms with Crippen LogP contribution in [0.4, 0.5) is 0 Å². The Hall–Kier alpha value is -1.91. The summed E-state index contributed by atoms with van der Waals surface area (Å²) in [7, 11) is 2.18. The number of carbonyl (C=O) groups is 1. The number of thiophene rings is 1. The largest absolute Gasteiger partial charge is 0.338 e. The second-order valence-corrected chi connectivity index (χ2v) is 7.62. The van der Waals surface area contributed by atoms with Gasteiger partial charge in [0.1, 0.15) is 0 Å². The van der Waals surface area contributed by atoms with Gasteiger partial charge in [-0.05, 0) is 49.4 Å². The van der Waals surface area contributed by atoms with Crippen molar-refractivity contribution in [1.82, 2.24) is 9.80 Å². The third-order valence-corrected chi connectivity index (χ3v) is 5.70. The lowest BCUT2D eigenvalue weighted by Gasteiger charge is -2.37. The molecule has 1 aromatic carbocycles. The van der Waals surface area contributed by atoms with Gasteiger partial charge in [-0.2, -0.15) is 0 Å². The molecule has 1 unspecified atom stereocenters. The number of benzene rings is 1. The summed E-state index contributed by atoms with van der Waals surface area (Å²) < 4.78 is 0. The fraction of sp³-hybridized carbons (Fsp3) is 0.381. The quantitative estimate of drug-likeness (QED) is 0.734. The van der Waals surface area contributed by atoms with Gasteiger partial charge >= 0.3 is 0 Å². The first-order valence-electron chi connectivity index (χ1n) is 8.97. The maximum atomic E-state index is 12.5. The summed E-state index contributed by atoms with van der Waals surface area (Å²) >= 11 is 1.66. The Kier molecular flexibility index (Phi) is 6.42. The zero-order valence-corrected chi connectivity index (χ0v) is 15.6. The van der Waals surface area contributed by atoms with E-state index < -0.39 is 0 Å². The molecule has 4 heteroatoms. The van der Waals surface area contributed by atoms with E-state index in [9.17, 15) is 4.79 Å². The molecule has 1 atom stereocenters. The van der Waals surface area contributed by atoms with Crippen LogP contribution in [0.25, 0.3) is 6.08 Å². The lowest BCUT2D eigenvalue weighted by molar-refractivity contribution is -0.127. The summed E-state index contributed by atoms with van der Waals surface area (Å²) in [6, 6.07) is 15.1. The third kappa shape index (κ3) is 5.28. The number of likely N-dealkylation sites (N-methyl/N-ethyl adjacent to an activating group) is 1. The zero-order valence-electron chi connectivity index (χ0n) is 14.8. The van der Waals surface area contributed by atoms with E-state index in [0.717, 1.165) is 37.4 Å². The van der Waals surface area contributed by atoms with Crippen LogP contribution in [0, 0.1) is 0 Å². The molecule has 0 spiro atoms. The van der Waals surface area contributed by atoms with E-state index >= 15 is 0 Å². The van der Waals surface area contributed by atoms with Crippen molar-refractivity contribution in [1.29, 1.82) is 0 Å². The minimum atomic E-state index is 0.134. The van der Waals surface area contributed by atoms with E-state index in [1.807, 2.05) is 28.5 Å². The van der Waals surface area contributed by atoms with Crippen LogP contribution in [0.2, 0.25) is 0 Å². The number of rotatable bonds is 6. The monoisotopic (exact) mass is 354 g/mol. The molecular formula is C21H26N2OS. The average Bonchev–Trinajstić information content (AvgIpc) is 3.18. The van der Waals surface area contributed by atoms with Crippen molar-refractivity contribution in [2.24, 2.45) is 0 Å². The van der Waals surface area contributed by atoms with Gasteiger partial charge in [-0.25, -0.2) is 0 Å². The molecule has 1 aliphatic rings. The number of piperidine rings is 1. The first kappa shape index (κ1) is 17.9. The minimum Gasteiger partial charge on any atom is -0.338 e. The number of hydrogen-bond acceptors (Lipinski definition) is 3. The highest BCUT2D eigenvalue weighted by molar-refractivity contribution is 7.10. The van der Waals surface area contributed by atoms with Crippen molar-refractivity contribution in [3.05, 3.63) is 64.4 Å². The van der Waals surface area contributed by atoms with E-state index in [0.29, 0.717) is 6.04 Å². The number of amides is 1. The molecule has 1 aromatic heterocycles. The van der Waals surface area contributed by atoms with Gasteiger partial charge in [-0.3, -0.25) is 4.79 Å². The van der Waals surface area contributed by atoms with E-state index in [1.54, 1.807) is 17.4 Å². The van der Waals surface area contributed by atoms with E-state index in [4.69, 9.17) is 0 Å². The van der Waals surface area contributed by atoms with Crippen LogP contribution < -0.4 is 0 Å². The SMILES string of the molecule is CN(CCc1ccccc1)C1CCCN(C(=O)C=Cc2cccs2)C1. The van der Waals surface area contributed by atoms with Crippen LogP contribution in [0.5, 0.6) is 0 Å². The third-order valence-electron chi connectivity index (χ3n) is 4.86. The molecule has 1 aliphatic heterocycles. The molecule has 25 heavy (non-hydrogen) atoms. The highest BCUT2D eigenvalue weighted by Crippen LogP contribution is 2.17. The standard InChI is InChI=1S/C21H26N2OS/c1-22(15-13-18-7-3-2-4-8-18)19-9-5-14-23(17-19)21(24)12-11-20-10-6-16-25-20/h2-4,6-8,10-12,16,19H,5,9,13-15,17H2,1H3. The normalized spacial score (nSPS) is 18.2. The van der Waals surface area contributed by atoms with Crippen LogP contribution in [0.1, 0.15) is 23.3 Å². The molecule has 3 rings (SSSR count). The topological polar surface area (TPSA) is 23.6 Å². The molecule has 1 fully saturated rings. The van der Waals surface area contributed by atoms with Gasteiger partial charge < -0.3 is 9.80 Å². The Labute approximate surface area is 154 Å². The highest BCUT2D eigenvalue weighted by Gasteiger charge is 2.25. The lowest BCUT2D eigenvalue weighted by Crippen LogP contribution is -2.48. The van der Waals surface area contributed by atoms with Crippen molar-refractivity contribution in [2.75, 3.05) is 26.7 Å². The van der Waals surface area contributed by atoms with Crippen molar-refractivity contribution in [3.8, 4) is 0 Å². The van der Waals surface area contributed by atoms with Gasteiger partial charge in [0.15, 0.2) is 0 Å². The molecule has 3 nitrogen and oxygen atoms in total. The van der Waals surface area contributed by atoms with Gasteiger partial charge in [0.25, 0.3) is 0 Å². The van der Waals surface area contributed by atoms with Crippen LogP contribution in [0.3, 0.4) is 0 Å². The fourth-order valence-corrected chi connectivity index (χ4v) is 3.91. The molecule has 0 aliphatic carbocycles. The van der Waals surface area contributed by atoms with Gasteiger partial charge in [0.2, 0.25) is 5.91 Å². The predicted octanol–water partition coefficient (Wildman–Crippen LogP) is 3.93. The smallest absolute Gasteiger partial charge is 0.246 e. The Balaban J connectivity index is 1.50. The van der Waals surface area contributed by atoms with Gasteiger partial charge in [-0.15, -0.1) is 11.3 Å². The van der Waals surface area contributed by atoms with Crippen molar-refractivity contribution in [3.63, 3.8) is 0 Å². The van der Waals surface area contributed by atoms with Gasteiger partial charge in [-0.1, -0.05) is 36.4 Å². The summed E-state index contributed by atoms with van der Waals surface area (Å²) in [5, 5.41) is 2.03. The number of nitrogens with zero attached hydrogens (tertiary/aromatic N) is 2. The lowest BCUT2D eigenvalue weighted by atomic mass is 10.0. The van der Waals surface area contributed by atoms with E-state index in [2.05, 4.69) is 42.3 Å². The second-order valence-electron chi connectivity index (χ2n) is 6.65. The highest BCUT2D eigenvalue weighted by atomic mass is 32.1. The summed E-state index contributed by atoms with van der Waals surface area (Å²) in [5.74, 6) is 0.134. The van der Waals surface area contributed by atoms with Crippen molar-refractivity contribution < 1.29 is 4.79 Å². The molecule has 1 saturated heterocycles. The summed E-state index contributed by atoms with van der Waals surface area (Å²) in [6.45, 7) is 2.73. The molecule has 0 bridgehead atoms. The predicted molar refractivity (Wildman–Crippen MR) is 106 cm³/mol. The molecule has 2 heterocycles.